The Balaban J connectivity index is 2.14. The van der Waals surface area contributed by atoms with E-state index in [1.165, 1.54) is 12.8 Å². The van der Waals surface area contributed by atoms with E-state index in [9.17, 15) is 5.11 Å². The Labute approximate surface area is 92.4 Å². The molecule has 0 aromatic carbocycles. The summed E-state index contributed by atoms with van der Waals surface area (Å²) in [5.74, 6) is 0.808. The van der Waals surface area contributed by atoms with Crippen LogP contribution in [0.1, 0.15) is 39.0 Å². The maximum Gasteiger partial charge on any atom is 0.0851 e. The van der Waals surface area contributed by atoms with Crippen LogP contribution in [0.5, 0.6) is 0 Å². The summed E-state index contributed by atoms with van der Waals surface area (Å²) in [4.78, 5) is 0. The third-order valence-electron chi connectivity index (χ3n) is 4.74. The Morgan fingerprint density at radius 2 is 2.00 bits per heavy atom. The maximum absolute atomic E-state index is 10.7. The molecule has 0 aromatic heterocycles. The number of hydrogen-bond donors (Lipinski definition) is 3. The second kappa shape index (κ2) is 4.04. The molecule has 15 heavy (non-hydrogen) atoms. The predicted octanol–water partition coefficient (Wildman–Crippen LogP) is 0.866. The number of nitrogens with one attached hydrogen (secondary N) is 1. The topological polar surface area (TPSA) is 58.3 Å². The molecule has 3 heteroatoms. The van der Waals surface area contributed by atoms with Crippen LogP contribution in [-0.2, 0) is 0 Å². The zero-order chi connectivity index (χ0) is 10.9. The summed E-state index contributed by atoms with van der Waals surface area (Å²) in [7, 11) is 0. The zero-order valence-corrected chi connectivity index (χ0v) is 9.76. The first-order valence-electron chi connectivity index (χ1n) is 6.25. The molecule has 2 aliphatic rings. The number of aliphatic hydroxyl groups is 1. The van der Waals surface area contributed by atoms with Crippen molar-refractivity contribution in [2.45, 2.75) is 44.6 Å². The van der Waals surface area contributed by atoms with Gasteiger partial charge in [-0.3, -0.25) is 0 Å². The van der Waals surface area contributed by atoms with Gasteiger partial charge in [0.2, 0.25) is 0 Å². The van der Waals surface area contributed by atoms with Crippen molar-refractivity contribution in [3.8, 4) is 0 Å². The van der Waals surface area contributed by atoms with E-state index in [1.54, 1.807) is 0 Å². The predicted molar refractivity (Wildman–Crippen MR) is 61.6 cm³/mol. The summed E-state index contributed by atoms with van der Waals surface area (Å²) < 4.78 is 0. The van der Waals surface area contributed by atoms with E-state index in [4.69, 9.17) is 5.73 Å². The van der Waals surface area contributed by atoms with Crippen molar-refractivity contribution in [1.82, 2.24) is 5.32 Å². The average molecular weight is 212 g/mol. The van der Waals surface area contributed by atoms with Gasteiger partial charge in [-0.1, -0.05) is 19.8 Å². The summed E-state index contributed by atoms with van der Waals surface area (Å²) in [5.41, 5.74) is 5.41. The molecule has 1 atom stereocenters. The lowest BCUT2D eigenvalue weighted by molar-refractivity contribution is -0.0892. The van der Waals surface area contributed by atoms with Crippen molar-refractivity contribution in [2.75, 3.05) is 19.6 Å². The highest BCUT2D eigenvalue weighted by Gasteiger charge is 2.51. The Kier molecular flexibility index (Phi) is 3.06. The van der Waals surface area contributed by atoms with Crippen molar-refractivity contribution in [2.24, 2.45) is 17.1 Å². The standard InChI is InChI=1S/C12H24N2O/c1-10-2-4-11(8-13,5-3-10)12(15)6-7-14-9-12/h10,14-15H,2-9,13H2,1H3. The van der Waals surface area contributed by atoms with Crippen LogP contribution in [0.3, 0.4) is 0 Å². The van der Waals surface area contributed by atoms with Crippen LogP contribution in [0.25, 0.3) is 0 Å². The number of nitrogens with two attached hydrogens (primary N) is 1. The van der Waals surface area contributed by atoms with Crippen molar-refractivity contribution >= 4 is 0 Å². The highest BCUT2D eigenvalue weighted by Crippen LogP contribution is 2.48. The first-order valence-corrected chi connectivity index (χ1v) is 6.25. The molecule has 1 aliphatic carbocycles. The Morgan fingerprint density at radius 1 is 1.33 bits per heavy atom. The van der Waals surface area contributed by atoms with Crippen LogP contribution in [0, 0.1) is 11.3 Å². The first-order chi connectivity index (χ1) is 7.12. The lowest BCUT2D eigenvalue weighted by atomic mass is 9.61. The molecule has 2 rings (SSSR count). The molecule has 0 aromatic rings. The molecule has 4 N–H and O–H groups in total. The summed E-state index contributed by atoms with van der Waals surface area (Å²) >= 11 is 0. The van der Waals surface area contributed by atoms with Crippen LogP contribution in [-0.4, -0.2) is 30.3 Å². The molecule has 1 heterocycles. The van der Waals surface area contributed by atoms with Gasteiger partial charge in [0, 0.05) is 18.5 Å². The summed E-state index contributed by atoms with van der Waals surface area (Å²) in [6.45, 7) is 4.61. The van der Waals surface area contributed by atoms with Gasteiger partial charge in [-0.05, 0) is 31.7 Å². The Hall–Kier alpha value is -0.120. The van der Waals surface area contributed by atoms with E-state index in [1.807, 2.05) is 0 Å². The maximum atomic E-state index is 10.7. The molecule has 0 bridgehead atoms. The van der Waals surface area contributed by atoms with Crippen LogP contribution in [0.4, 0.5) is 0 Å². The quantitative estimate of drug-likeness (QED) is 0.636. The van der Waals surface area contributed by atoms with E-state index < -0.39 is 5.60 Å². The minimum atomic E-state index is -0.540. The normalized spacial score (nSPS) is 47.0. The largest absolute Gasteiger partial charge is 0.388 e. The molecular weight excluding hydrogens is 188 g/mol. The number of rotatable bonds is 2. The fourth-order valence-corrected chi connectivity index (χ4v) is 3.31. The van der Waals surface area contributed by atoms with Crippen molar-refractivity contribution in [1.29, 1.82) is 0 Å². The molecule has 0 spiro atoms. The van der Waals surface area contributed by atoms with E-state index >= 15 is 0 Å². The summed E-state index contributed by atoms with van der Waals surface area (Å²) in [6, 6.07) is 0. The molecule has 1 saturated heterocycles. The SMILES string of the molecule is CC1CCC(CN)(C2(O)CCNC2)CC1. The second-order valence-electron chi connectivity index (χ2n) is 5.63. The van der Waals surface area contributed by atoms with Gasteiger partial charge in [0.1, 0.15) is 0 Å². The average Bonchev–Trinajstić information content (AvgIpc) is 2.68. The van der Waals surface area contributed by atoms with Gasteiger partial charge in [-0.25, -0.2) is 0 Å². The fraction of sp³-hybridized carbons (Fsp3) is 1.00. The van der Waals surface area contributed by atoms with Gasteiger partial charge in [0.25, 0.3) is 0 Å². The monoisotopic (exact) mass is 212 g/mol. The molecule has 1 unspecified atom stereocenters. The first kappa shape index (κ1) is 11.4. The highest BCUT2D eigenvalue weighted by atomic mass is 16.3. The van der Waals surface area contributed by atoms with Gasteiger partial charge < -0.3 is 16.2 Å². The highest BCUT2D eigenvalue weighted by molar-refractivity contribution is 5.05. The second-order valence-corrected chi connectivity index (χ2v) is 5.63. The molecule has 1 aliphatic heterocycles. The Bertz CT molecular complexity index is 216. The van der Waals surface area contributed by atoms with E-state index in [0.717, 1.165) is 38.3 Å². The molecule has 3 nitrogen and oxygen atoms in total. The van der Waals surface area contributed by atoms with Crippen LogP contribution in [0.15, 0.2) is 0 Å². The van der Waals surface area contributed by atoms with Gasteiger partial charge in [-0.15, -0.1) is 0 Å². The van der Waals surface area contributed by atoms with E-state index in [2.05, 4.69) is 12.2 Å². The molecule has 0 radical (unpaired) electrons. The molecule has 1 saturated carbocycles. The minimum absolute atomic E-state index is 0.0109. The number of β-amino-alcohol motifs (C(OH)–C–C–N with tert-alkyl or cyclic N) is 1. The third-order valence-corrected chi connectivity index (χ3v) is 4.74. The van der Waals surface area contributed by atoms with Gasteiger partial charge >= 0.3 is 0 Å². The summed E-state index contributed by atoms with van der Waals surface area (Å²) in [5, 5.41) is 14.0. The Morgan fingerprint density at radius 3 is 2.47 bits per heavy atom. The molecule has 0 amide bonds. The lowest BCUT2D eigenvalue weighted by Crippen LogP contribution is -2.55. The molecule has 2 fully saturated rings. The summed E-state index contributed by atoms with van der Waals surface area (Å²) in [6.07, 6.45) is 5.52. The third kappa shape index (κ3) is 1.81. The van der Waals surface area contributed by atoms with Gasteiger partial charge in [0.15, 0.2) is 0 Å². The number of hydrogen-bond acceptors (Lipinski definition) is 3. The fourth-order valence-electron chi connectivity index (χ4n) is 3.31. The van der Waals surface area contributed by atoms with Crippen molar-refractivity contribution < 1.29 is 5.11 Å². The van der Waals surface area contributed by atoms with Crippen LogP contribution >= 0.6 is 0 Å². The zero-order valence-electron chi connectivity index (χ0n) is 9.76. The van der Waals surface area contributed by atoms with Gasteiger partial charge in [-0.2, -0.15) is 0 Å². The van der Waals surface area contributed by atoms with Crippen LogP contribution in [0.2, 0.25) is 0 Å². The van der Waals surface area contributed by atoms with Crippen molar-refractivity contribution in [3.05, 3.63) is 0 Å². The van der Waals surface area contributed by atoms with Crippen molar-refractivity contribution in [3.63, 3.8) is 0 Å². The minimum Gasteiger partial charge on any atom is -0.388 e. The smallest absolute Gasteiger partial charge is 0.0851 e. The van der Waals surface area contributed by atoms with Crippen LogP contribution < -0.4 is 11.1 Å². The molecular formula is C12H24N2O. The lowest BCUT2D eigenvalue weighted by Gasteiger charge is -2.48. The van der Waals surface area contributed by atoms with Gasteiger partial charge in [0.05, 0.1) is 5.60 Å². The van der Waals surface area contributed by atoms with E-state index in [-0.39, 0.29) is 5.41 Å². The van der Waals surface area contributed by atoms with E-state index in [0.29, 0.717) is 6.54 Å². The molecule has 88 valence electrons.